The first-order chi connectivity index (χ1) is 12.8. The van der Waals surface area contributed by atoms with E-state index in [9.17, 15) is 4.79 Å². The summed E-state index contributed by atoms with van der Waals surface area (Å²) in [5.41, 5.74) is 3.09. The van der Waals surface area contributed by atoms with Gasteiger partial charge in [-0.2, -0.15) is 0 Å². The second-order valence-corrected chi connectivity index (χ2v) is 5.90. The molecule has 1 aromatic heterocycles. The lowest BCUT2D eigenvalue weighted by molar-refractivity contribution is 0.484. The fourth-order valence-electron chi connectivity index (χ4n) is 2.90. The van der Waals surface area contributed by atoms with Crippen LogP contribution in [-0.2, 0) is 0 Å². The SMILES string of the molecule is O=c1cc(-c2ccccc2)c(Oc2ccccc2)c(-c2ccccc2)[nH]1. The van der Waals surface area contributed by atoms with E-state index in [0.29, 0.717) is 17.2 Å². The summed E-state index contributed by atoms with van der Waals surface area (Å²) in [6, 6.07) is 30.7. The lowest BCUT2D eigenvalue weighted by Gasteiger charge is -2.16. The van der Waals surface area contributed by atoms with Crippen molar-refractivity contribution in [3.8, 4) is 33.9 Å². The molecule has 126 valence electrons. The summed E-state index contributed by atoms with van der Waals surface area (Å²) in [4.78, 5) is 15.3. The third-order valence-electron chi connectivity index (χ3n) is 4.11. The van der Waals surface area contributed by atoms with Crippen molar-refractivity contribution < 1.29 is 4.74 Å². The molecule has 0 unspecified atom stereocenters. The molecule has 0 amide bonds. The number of para-hydroxylation sites is 1. The van der Waals surface area contributed by atoms with E-state index in [1.54, 1.807) is 6.07 Å². The van der Waals surface area contributed by atoms with Crippen molar-refractivity contribution >= 4 is 0 Å². The van der Waals surface area contributed by atoms with Gasteiger partial charge in [0.15, 0.2) is 5.75 Å². The predicted octanol–water partition coefficient (Wildman–Crippen LogP) is 5.50. The summed E-state index contributed by atoms with van der Waals surface area (Å²) >= 11 is 0. The standard InChI is InChI=1S/C23H17NO2/c25-21-16-20(17-10-4-1-5-11-17)23(26-19-14-8-3-9-15-19)22(24-21)18-12-6-2-7-13-18/h1-16H,(H,24,25). The van der Waals surface area contributed by atoms with E-state index in [1.807, 2.05) is 91.0 Å². The fraction of sp³-hybridized carbons (Fsp3) is 0. The second kappa shape index (κ2) is 7.11. The smallest absolute Gasteiger partial charge is 0.249 e. The molecule has 3 heteroatoms. The Morgan fingerprint density at radius 2 is 1.19 bits per heavy atom. The molecular weight excluding hydrogens is 322 g/mol. The Bertz CT molecular complexity index is 992. The third kappa shape index (κ3) is 3.28. The van der Waals surface area contributed by atoms with Crippen molar-refractivity contribution in [3.63, 3.8) is 0 Å². The highest BCUT2D eigenvalue weighted by Crippen LogP contribution is 2.39. The van der Waals surface area contributed by atoms with E-state index in [4.69, 9.17) is 4.74 Å². The van der Waals surface area contributed by atoms with Crippen LogP contribution in [0.2, 0.25) is 0 Å². The Kier molecular flexibility index (Phi) is 4.35. The normalized spacial score (nSPS) is 10.5. The average molecular weight is 339 g/mol. The maximum atomic E-state index is 12.4. The highest BCUT2D eigenvalue weighted by Gasteiger charge is 2.16. The van der Waals surface area contributed by atoms with E-state index in [2.05, 4.69) is 4.98 Å². The van der Waals surface area contributed by atoms with E-state index >= 15 is 0 Å². The third-order valence-corrected chi connectivity index (χ3v) is 4.11. The molecule has 0 bridgehead atoms. The second-order valence-electron chi connectivity index (χ2n) is 5.90. The molecule has 0 saturated heterocycles. The van der Waals surface area contributed by atoms with Gasteiger partial charge in [-0.3, -0.25) is 4.79 Å². The Labute approximate surface area is 151 Å². The van der Waals surface area contributed by atoms with Gasteiger partial charge in [0.1, 0.15) is 5.75 Å². The van der Waals surface area contributed by atoms with Crippen LogP contribution in [0.1, 0.15) is 0 Å². The molecule has 1 heterocycles. The largest absolute Gasteiger partial charge is 0.455 e. The fourth-order valence-corrected chi connectivity index (χ4v) is 2.90. The average Bonchev–Trinajstić information content (AvgIpc) is 2.71. The quantitative estimate of drug-likeness (QED) is 0.533. The summed E-state index contributed by atoms with van der Waals surface area (Å²) < 4.78 is 6.23. The first-order valence-electron chi connectivity index (χ1n) is 8.42. The van der Waals surface area contributed by atoms with E-state index in [-0.39, 0.29) is 5.56 Å². The zero-order valence-corrected chi connectivity index (χ0v) is 14.1. The molecule has 0 aliphatic carbocycles. The lowest BCUT2D eigenvalue weighted by atomic mass is 10.0. The summed E-state index contributed by atoms with van der Waals surface area (Å²) in [6.45, 7) is 0. The molecule has 0 aliphatic heterocycles. The monoisotopic (exact) mass is 339 g/mol. The zero-order chi connectivity index (χ0) is 17.8. The molecule has 3 nitrogen and oxygen atoms in total. The summed E-state index contributed by atoms with van der Waals surface area (Å²) in [6.07, 6.45) is 0. The number of benzene rings is 3. The van der Waals surface area contributed by atoms with Gasteiger partial charge in [0.25, 0.3) is 0 Å². The van der Waals surface area contributed by atoms with E-state index in [1.165, 1.54) is 0 Å². The maximum Gasteiger partial charge on any atom is 0.249 e. The molecule has 0 fully saturated rings. The van der Waals surface area contributed by atoms with Crippen LogP contribution < -0.4 is 10.3 Å². The first kappa shape index (κ1) is 15.9. The predicted molar refractivity (Wildman–Crippen MR) is 104 cm³/mol. The van der Waals surface area contributed by atoms with Crippen molar-refractivity contribution in [2.45, 2.75) is 0 Å². The van der Waals surface area contributed by atoms with Crippen LogP contribution in [0.4, 0.5) is 0 Å². The lowest BCUT2D eigenvalue weighted by Crippen LogP contribution is -2.08. The molecule has 4 rings (SSSR count). The highest BCUT2D eigenvalue weighted by molar-refractivity contribution is 5.80. The van der Waals surface area contributed by atoms with Crippen molar-refractivity contribution in [2.24, 2.45) is 0 Å². The minimum Gasteiger partial charge on any atom is -0.455 e. The van der Waals surface area contributed by atoms with Crippen molar-refractivity contribution in [1.82, 2.24) is 4.98 Å². The van der Waals surface area contributed by atoms with Gasteiger partial charge in [-0.15, -0.1) is 0 Å². The number of ether oxygens (including phenoxy) is 1. The zero-order valence-electron chi connectivity index (χ0n) is 14.1. The van der Waals surface area contributed by atoms with Gasteiger partial charge in [0, 0.05) is 17.2 Å². The minimum atomic E-state index is -0.164. The van der Waals surface area contributed by atoms with Gasteiger partial charge < -0.3 is 9.72 Å². The Balaban J connectivity index is 1.96. The number of hydrogen-bond donors (Lipinski definition) is 1. The van der Waals surface area contributed by atoms with Crippen LogP contribution in [0.5, 0.6) is 11.5 Å². The van der Waals surface area contributed by atoms with Crippen LogP contribution in [0, 0.1) is 0 Å². The first-order valence-corrected chi connectivity index (χ1v) is 8.42. The van der Waals surface area contributed by atoms with Crippen LogP contribution in [0.3, 0.4) is 0 Å². The Morgan fingerprint density at radius 1 is 0.654 bits per heavy atom. The molecule has 0 aliphatic rings. The van der Waals surface area contributed by atoms with E-state index in [0.717, 1.165) is 16.7 Å². The van der Waals surface area contributed by atoms with Gasteiger partial charge in [-0.25, -0.2) is 0 Å². The number of aromatic amines is 1. The van der Waals surface area contributed by atoms with Gasteiger partial charge in [-0.1, -0.05) is 78.9 Å². The van der Waals surface area contributed by atoms with Crippen LogP contribution in [0.25, 0.3) is 22.4 Å². The van der Waals surface area contributed by atoms with Crippen molar-refractivity contribution in [2.75, 3.05) is 0 Å². The molecule has 3 aromatic carbocycles. The molecule has 0 saturated carbocycles. The van der Waals surface area contributed by atoms with Crippen LogP contribution >= 0.6 is 0 Å². The number of rotatable bonds is 4. The Morgan fingerprint density at radius 3 is 1.81 bits per heavy atom. The number of hydrogen-bond acceptors (Lipinski definition) is 2. The molecule has 0 spiro atoms. The topological polar surface area (TPSA) is 42.1 Å². The van der Waals surface area contributed by atoms with E-state index < -0.39 is 0 Å². The number of H-pyrrole nitrogens is 1. The summed E-state index contributed by atoms with van der Waals surface area (Å²) in [7, 11) is 0. The minimum absolute atomic E-state index is 0.164. The Hall–Kier alpha value is -3.59. The molecule has 0 radical (unpaired) electrons. The molecule has 0 atom stereocenters. The van der Waals surface area contributed by atoms with Gasteiger partial charge in [0.05, 0.1) is 5.69 Å². The van der Waals surface area contributed by atoms with Crippen molar-refractivity contribution in [1.29, 1.82) is 0 Å². The maximum absolute atomic E-state index is 12.4. The summed E-state index contributed by atoms with van der Waals surface area (Å²) in [5.74, 6) is 1.35. The van der Waals surface area contributed by atoms with Crippen molar-refractivity contribution in [3.05, 3.63) is 107 Å². The number of nitrogens with one attached hydrogen (secondary N) is 1. The van der Waals surface area contributed by atoms with Crippen LogP contribution in [0.15, 0.2) is 102 Å². The number of aromatic nitrogens is 1. The highest BCUT2D eigenvalue weighted by atomic mass is 16.5. The number of pyridine rings is 1. The van der Waals surface area contributed by atoms with Gasteiger partial charge in [0.2, 0.25) is 5.56 Å². The molecule has 1 N–H and O–H groups in total. The molecular formula is C23H17NO2. The summed E-state index contributed by atoms with van der Waals surface area (Å²) in [5, 5.41) is 0. The molecule has 4 aromatic rings. The van der Waals surface area contributed by atoms with Gasteiger partial charge >= 0.3 is 0 Å². The van der Waals surface area contributed by atoms with Crippen LogP contribution in [-0.4, -0.2) is 4.98 Å². The van der Waals surface area contributed by atoms with Gasteiger partial charge in [-0.05, 0) is 17.7 Å². The molecule has 26 heavy (non-hydrogen) atoms.